The molecule has 0 atom stereocenters. The summed E-state index contributed by atoms with van der Waals surface area (Å²) in [5.74, 6) is 6.13. The molecule has 0 aliphatic heterocycles. The van der Waals surface area contributed by atoms with Crippen LogP contribution in [0.15, 0.2) is 24.3 Å². The first-order chi connectivity index (χ1) is 6.36. The third-order valence-electron chi connectivity index (χ3n) is 1.79. The third kappa shape index (κ3) is 4.48. The lowest BCUT2D eigenvalue weighted by molar-refractivity contribution is 0.309. The van der Waals surface area contributed by atoms with Crippen LogP contribution in [0.2, 0.25) is 0 Å². The third-order valence-corrected chi connectivity index (χ3v) is 1.79. The van der Waals surface area contributed by atoms with Crippen molar-refractivity contribution in [1.82, 2.24) is 0 Å². The van der Waals surface area contributed by atoms with E-state index in [1.165, 1.54) is 0 Å². The Kier molecular flexibility index (Phi) is 7.24. The Bertz CT molecular complexity index is 238. The van der Waals surface area contributed by atoms with Crippen molar-refractivity contribution in [2.45, 2.75) is 19.8 Å². The summed E-state index contributed by atoms with van der Waals surface area (Å²) in [6.45, 7) is 2.93. The van der Waals surface area contributed by atoms with Crippen molar-refractivity contribution in [3.8, 4) is 5.75 Å². The average Bonchev–Trinajstić information content (AvgIpc) is 2.19. The van der Waals surface area contributed by atoms with Gasteiger partial charge >= 0.3 is 0 Å². The van der Waals surface area contributed by atoms with Gasteiger partial charge in [0, 0.05) is 5.69 Å². The zero-order chi connectivity index (χ0) is 9.52. The van der Waals surface area contributed by atoms with Gasteiger partial charge in [-0.1, -0.05) is 13.3 Å². The van der Waals surface area contributed by atoms with Crippen LogP contribution >= 0.6 is 17.0 Å². The highest BCUT2D eigenvalue weighted by molar-refractivity contribution is 8.93. The molecule has 0 spiro atoms. The van der Waals surface area contributed by atoms with E-state index in [4.69, 9.17) is 10.6 Å². The van der Waals surface area contributed by atoms with E-state index in [0.717, 1.165) is 30.9 Å². The molecule has 1 rings (SSSR count). The number of hydrazine groups is 1. The Labute approximate surface area is 95.4 Å². The van der Waals surface area contributed by atoms with Gasteiger partial charge in [0.2, 0.25) is 0 Å². The Morgan fingerprint density at radius 1 is 1.29 bits per heavy atom. The van der Waals surface area contributed by atoms with Crippen molar-refractivity contribution in [2.24, 2.45) is 5.84 Å². The van der Waals surface area contributed by atoms with E-state index < -0.39 is 0 Å². The van der Waals surface area contributed by atoms with Gasteiger partial charge in [-0.3, -0.25) is 5.84 Å². The largest absolute Gasteiger partial charge is 0.494 e. The van der Waals surface area contributed by atoms with Gasteiger partial charge in [-0.15, -0.1) is 17.0 Å². The van der Waals surface area contributed by atoms with E-state index in [-0.39, 0.29) is 17.0 Å². The molecule has 0 saturated carbocycles. The number of hydrogen-bond donors (Lipinski definition) is 2. The second kappa shape index (κ2) is 7.64. The van der Waals surface area contributed by atoms with Crippen LogP contribution in [0.25, 0.3) is 0 Å². The fourth-order valence-corrected chi connectivity index (χ4v) is 0.982. The van der Waals surface area contributed by atoms with Crippen LogP contribution in [-0.2, 0) is 0 Å². The van der Waals surface area contributed by atoms with Crippen LogP contribution < -0.4 is 16.0 Å². The molecule has 0 aromatic heterocycles. The highest BCUT2D eigenvalue weighted by atomic mass is 79.9. The lowest BCUT2D eigenvalue weighted by atomic mass is 10.3. The number of ether oxygens (including phenoxy) is 1. The van der Waals surface area contributed by atoms with Gasteiger partial charge in [0.25, 0.3) is 0 Å². The van der Waals surface area contributed by atoms with E-state index >= 15 is 0 Å². The van der Waals surface area contributed by atoms with Gasteiger partial charge in [0.05, 0.1) is 6.61 Å². The number of anilines is 1. The normalized spacial score (nSPS) is 9.00. The molecule has 4 heteroatoms. The summed E-state index contributed by atoms with van der Waals surface area (Å²) in [5.41, 5.74) is 3.46. The molecule has 0 heterocycles. The molecule has 0 aliphatic rings. The van der Waals surface area contributed by atoms with Gasteiger partial charge in [-0.05, 0) is 30.7 Å². The second-order valence-electron chi connectivity index (χ2n) is 2.87. The maximum absolute atomic E-state index is 5.48. The molecular weight excluding hydrogens is 244 g/mol. The van der Waals surface area contributed by atoms with Crippen molar-refractivity contribution in [3.05, 3.63) is 24.3 Å². The number of hydrogen-bond acceptors (Lipinski definition) is 3. The van der Waals surface area contributed by atoms with Crippen molar-refractivity contribution >= 4 is 22.7 Å². The van der Waals surface area contributed by atoms with Gasteiger partial charge in [-0.25, -0.2) is 0 Å². The van der Waals surface area contributed by atoms with Crippen LogP contribution in [0.5, 0.6) is 5.75 Å². The first kappa shape index (κ1) is 13.3. The number of benzene rings is 1. The Morgan fingerprint density at radius 2 is 1.93 bits per heavy atom. The molecule has 1 aromatic rings. The number of nitrogens with one attached hydrogen (secondary N) is 1. The minimum absolute atomic E-state index is 0. The predicted molar refractivity (Wildman–Crippen MR) is 65.0 cm³/mol. The van der Waals surface area contributed by atoms with Crippen molar-refractivity contribution in [1.29, 1.82) is 0 Å². The molecule has 0 amide bonds. The van der Waals surface area contributed by atoms with Crippen molar-refractivity contribution in [3.63, 3.8) is 0 Å². The zero-order valence-corrected chi connectivity index (χ0v) is 10.0. The van der Waals surface area contributed by atoms with Crippen molar-refractivity contribution in [2.75, 3.05) is 12.0 Å². The number of nitrogen functional groups attached to an aromatic ring is 1. The molecule has 80 valence electrons. The zero-order valence-electron chi connectivity index (χ0n) is 8.32. The predicted octanol–water partition coefficient (Wildman–Crippen LogP) is 2.73. The van der Waals surface area contributed by atoms with Crippen LogP contribution in [0.4, 0.5) is 5.69 Å². The molecule has 14 heavy (non-hydrogen) atoms. The fourth-order valence-electron chi connectivity index (χ4n) is 0.982. The standard InChI is InChI=1S/C10H16N2O.BrH/c1-2-3-8-13-10-6-4-9(12-11)5-7-10;/h4-7,12H,2-3,8,11H2,1H3;1H. The molecule has 1 aromatic carbocycles. The molecule has 0 unspecified atom stereocenters. The Morgan fingerprint density at radius 3 is 2.43 bits per heavy atom. The van der Waals surface area contributed by atoms with Crippen LogP contribution in [0, 0.1) is 0 Å². The Balaban J connectivity index is 0.00000169. The Hall–Kier alpha value is -0.740. The first-order valence-electron chi connectivity index (χ1n) is 4.56. The molecule has 0 aliphatic carbocycles. The lowest BCUT2D eigenvalue weighted by Crippen LogP contribution is -2.06. The number of nitrogens with two attached hydrogens (primary N) is 1. The minimum atomic E-state index is 0. The molecule has 0 radical (unpaired) electrons. The van der Waals surface area contributed by atoms with Crippen molar-refractivity contribution < 1.29 is 4.74 Å². The molecular formula is C10H17BrN2O. The van der Waals surface area contributed by atoms with Crippen LogP contribution in [0.3, 0.4) is 0 Å². The average molecular weight is 261 g/mol. The summed E-state index contributed by atoms with van der Waals surface area (Å²) in [6, 6.07) is 7.60. The van der Waals surface area contributed by atoms with Gasteiger partial charge < -0.3 is 10.2 Å². The highest BCUT2D eigenvalue weighted by Crippen LogP contribution is 2.14. The summed E-state index contributed by atoms with van der Waals surface area (Å²) in [5, 5.41) is 0. The molecule has 0 bridgehead atoms. The SMILES string of the molecule is Br.CCCCOc1ccc(NN)cc1. The van der Waals surface area contributed by atoms with Gasteiger partial charge in [0.15, 0.2) is 0 Å². The number of unbranched alkanes of at least 4 members (excludes halogenated alkanes) is 1. The summed E-state index contributed by atoms with van der Waals surface area (Å²) in [7, 11) is 0. The molecule has 0 saturated heterocycles. The van der Waals surface area contributed by atoms with E-state index in [2.05, 4.69) is 12.3 Å². The maximum atomic E-state index is 5.48. The fraction of sp³-hybridized carbons (Fsp3) is 0.400. The smallest absolute Gasteiger partial charge is 0.119 e. The van der Waals surface area contributed by atoms with Crippen LogP contribution in [0.1, 0.15) is 19.8 Å². The van der Waals surface area contributed by atoms with E-state index in [1.807, 2.05) is 24.3 Å². The molecule has 3 nitrogen and oxygen atoms in total. The van der Waals surface area contributed by atoms with Crippen LogP contribution in [-0.4, -0.2) is 6.61 Å². The summed E-state index contributed by atoms with van der Waals surface area (Å²) in [4.78, 5) is 0. The summed E-state index contributed by atoms with van der Waals surface area (Å²) in [6.07, 6.45) is 2.25. The van der Waals surface area contributed by atoms with E-state index in [1.54, 1.807) is 0 Å². The molecule has 3 N–H and O–H groups in total. The first-order valence-corrected chi connectivity index (χ1v) is 4.56. The van der Waals surface area contributed by atoms with E-state index in [0.29, 0.717) is 0 Å². The molecule has 0 fully saturated rings. The van der Waals surface area contributed by atoms with Gasteiger partial charge in [-0.2, -0.15) is 0 Å². The number of halogens is 1. The maximum Gasteiger partial charge on any atom is 0.119 e. The minimum Gasteiger partial charge on any atom is -0.494 e. The lowest BCUT2D eigenvalue weighted by Gasteiger charge is -2.05. The number of rotatable bonds is 5. The van der Waals surface area contributed by atoms with E-state index in [9.17, 15) is 0 Å². The van der Waals surface area contributed by atoms with Gasteiger partial charge in [0.1, 0.15) is 5.75 Å². The second-order valence-corrected chi connectivity index (χ2v) is 2.87. The quantitative estimate of drug-likeness (QED) is 0.486. The topological polar surface area (TPSA) is 47.3 Å². The highest BCUT2D eigenvalue weighted by Gasteiger charge is 1.92. The summed E-state index contributed by atoms with van der Waals surface area (Å²) >= 11 is 0. The monoisotopic (exact) mass is 260 g/mol. The summed E-state index contributed by atoms with van der Waals surface area (Å²) < 4.78 is 5.48.